The number of halogens is 2. The highest BCUT2D eigenvalue weighted by Crippen LogP contribution is 2.25. The van der Waals surface area contributed by atoms with Gasteiger partial charge in [-0.15, -0.1) is 0 Å². The molecule has 1 aliphatic heterocycles. The van der Waals surface area contributed by atoms with Crippen molar-refractivity contribution in [3.05, 3.63) is 65.2 Å². The van der Waals surface area contributed by atoms with Crippen molar-refractivity contribution in [2.45, 2.75) is 45.5 Å². The maximum atomic E-state index is 13.7. The molecule has 7 heteroatoms. The number of ether oxygens (including phenoxy) is 3. The zero-order chi connectivity index (χ0) is 22.4. The van der Waals surface area contributed by atoms with Gasteiger partial charge in [-0.3, -0.25) is 9.69 Å². The fourth-order valence-corrected chi connectivity index (χ4v) is 3.35. The molecule has 1 heterocycles. The molecule has 2 aromatic rings. The second-order valence-electron chi connectivity index (χ2n) is 8.55. The van der Waals surface area contributed by atoms with Crippen LogP contribution in [-0.4, -0.2) is 42.7 Å². The van der Waals surface area contributed by atoms with E-state index in [1.165, 1.54) is 18.2 Å². The van der Waals surface area contributed by atoms with Crippen LogP contribution in [0.4, 0.5) is 8.78 Å². The molecule has 2 aromatic carbocycles. The Balaban J connectivity index is 1.51. The molecule has 1 saturated heterocycles. The molecule has 1 fully saturated rings. The second-order valence-corrected chi connectivity index (χ2v) is 8.55. The van der Waals surface area contributed by atoms with Crippen molar-refractivity contribution < 1.29 is 27.8 Å². The summed E-state index contributed by atoms with van der Waals surface area (Å²) >= 11 is 0. The molecule has 0 spiro atoms. The van der Waals surface area contributed by atoms with E-state index in [0.717, 1.165) is 12.1 Å². The minimum absolute atomic E-state index is 0.0946. The third-order valence-electron chi connectivity index (χ3n) is 4.90. The van der Waals surface area contributed by atoms with E-state index in [0.29, 0.717) is 31.9 Å². The van der Waals surface area contributed by atoms with Gasteiger partial charge in [-0.1, -0.05) is 18.2 Å². The van der Waals surface area contributed by atoms with Crippen LogP contribution in [0.3, 0.4) is 0 Å². The Morgan fingerprint density at radius 1 is 1.13 bits per heavy atom. The fraction of sp³-hybridized carbons (Fsp3) is 0.458. The normalized spacial score (nSPS) is 17.4. The van der Waals surface area contributed by atoms with E-state index in [1.54, 1.807) is 12.1 Å². The largest absolute Gasteiger partial charge is 0.489 e. The number of morpholine rings is 1. The van der Waals surface area contributed by atoms with Crippen molar-refractivity contribution in [3.8, 4) is 5.75 Å². The van der Waals surface area contributed by atoms with E-state index in [9.17, 15) is 13.6 Å². The monoisotopic (exact) mass is 433 g/mol. The van der Waals surface area contributed by atoms with Gasteiger partial charge in [0.05, 0.1) is 24.7 Å². The standard InChI is InChI=1S/C24H29F2NO4/c1-24(2,3)31-23(28)11-12-27-13-14-29-22(15-27)17-7-9-18(10-8-17)30-16-19-20(25)5-4-6-21(19)26/h4-10,22H,11-16H2,1-3H3. The van der Waals surface area contributed by atoms with Crippen LogP contribution in [0.2, 0.25) is 0 Å². The lowest BCUT2D eigenvalue weighted by Gasteiger charge is -2.33. The number of nitrogens with zero attached hydrogens (tertiary/aromatic N) is 1. The lowest BCUT2D eigenvalue weighted by molar-refractivity contribution is -0.155. The summed E-state index contributed by atoms with van der Waals surface area (Å²) in [5.41, 5.74) is 0.404. The van der Waals surface area contributed by atoms with Crippen LogP contribution in [0, 0.1) is 11.6 Å². The van der Waals surface area contributed by atoms with E-state index in [-0.39, 0.29) is 24.2 Å². The van der Waals surface area contributed by atoms with Crippen LogP contribution >= 0.6 is 0 Å². The highest BCUT2D eigenvalue weighted by Gasteiger charge is 2.23. The van der Waals surface area contributed by atoms with Crippen LogP contribution in [0.1, 0.15) is 44.4 Å². The average Bonchev–Trinajstić information content (AvgIpc) is 2.71. The number of carbonyl (C=O) groups excluding carboxylic acids is 1. The van der Waals surface area contributed by atoms with E-state index < -0.39 is 17.2 Å². The zero-order valence-electron chi connectivity index (χ0n) is 18.2. The maximum Gasteiger partial charge on any atom is 0.307 e. The molecule has 0 aliphatic carbocycles. The Kier molecular flexibility index (Phi) is 7.62. The number of hydrogen-bond acceptors (Lipinski definition) is 5. The quantitative estimate of drug-likeness (QED) is 0.595. The number of rotatable bonds is 7. The molecule has 0 N–H and O–H groups in total. The van der Waals surface area contributed by atoms with Crippen molar-refractivity contribution >= 4 is 5.97 Å². The smallest absolute Gasteiger partial charge is 0.307 e. The summed E-state index contributed by atoms with van der Waals surface area (Å²) < 4.78 is 44.2. The summed E-state index contributed by atoms with van der Waals surface area (Å²) in [6.07, 6.45) is 0.217. The molecule has 0 aromatic heterocycles. The Morgan fingerprint density at radius 2 is 1.81 bits per heavy atom. The summed E-state index contributed by atoms with van der Waals surface area (Å²) in [6, 6.07) is 11.0. The topological polar surface area (TPSA) is 48.0 Å². The predicted molar refractivity (Wildman–Crippen MR) is 113 cm³/mol. The van der Waals surface area contributed by atoms with Crippen molar-refractivity contribution in [1.29, 1.82) is 0 Å². The van der Waals surface area contributed by atoms with Gasteiger partial charge in [0, 0.05) is 19.6 Å². The number of benzene rings is 2. The lowest BCUT2D eigenvalue weighted by atomic mass is 10.1. The van der Waals surface area contributed by atoms with Gasteiger partial charge in [-0.25, -0.2) is 8.78 Å². The van der Waals surface area contributed by atoms with Crippen LogP contribution in [0.25, 0.3) is 0 Å². The fourth-order valence-electron chi connectivity index (χ4n) is 3.35. The van der Waals surface area contributed by atoms with Gasteiger partial charge in [0.2, 0.25) is 0 Å². The first-order chi connectivity index (χ1) is 14.7. The van der Waals surface area contributed by atoms with E-state index in [2.05, 4.69) is 4.90 Å². The molecule has 168 valence electrons. The molecule has 1 unspecified atom stereocenters. The first-order valence-electron chi connectivity index (χ1n) is 10.4. The molecule has 5 nitrogen and oxygen atoms in total. The molecule has 0 amide bonds. The van der Waals surface area contributed by atoms with Crippen molar-refractivity contribution in [2.24, 2.45) is 0 Å². The number of hydrogen-bond donors (Lipinski definition) is 0. The number of carbonyl (C=O) groups is 1. The highest BCUT2D eigenvalue weighted by atomic mass is 19.1. The minimum Gasteiger partial charge on any atom is -0.489 e. The zero-order valence-corrected chi connectivity index (χ0v) is 18.2. The molecule has 0 saturated carbocycles. The maximum absolute atomic E-state index is 13.7. The highest BCUT2D eigenvalue weighted by molar-refractivity contribution is 5.70. The molecule has 1 atom stereocenters. The van der Waals surface area contributed by atoms with Gasteiger partial charge in [-0.2, -0.15) is 0 Å². The summed E-state index contributed by atoms with van der Waals surface area (Å²) in [7, 11) is 0. The van der Waals surface area contributed by atoms with Gasteiger partial charge in [-0.05, 0) is 50.6 Å². The summed E-state index contributed by atoms with van der Waals surface area (Å²) in [4.78, 5) is 14.1. The average molecular weight is 433 g/mol. The van der Waals surface area contributed by atoms with Crippen LogP contribution < -0.4 is 4.74 Å². The van der Waals surface area contributed by atoms with E-state index in [1.807, 2.05) is 32.9 Å². The van der Waals surface area contributed by atoms with E-state index in [4.69, 9.17) is 14.2 Å². The number of esters is 1. The predicted octanol–water partition coefficient (Wildman–Crippen LogP) is 4.65. The molecule has 1 aliphatic rings. The van der Waals surface area contributed by atoms with Gasteiger partial charge >= 0.3 is 5.97 Å². The summed E-state index contributed by atoms with van der Waals surface area (Å²) in [5, 5.41) is 0. The third kappa shape index (κ3) is 7.01. The van der Waals surface area contributed by atoms with Crippen molar-refractivity contribution in [1.82, 2.24) is 4.90 Å². The first kappa shape index (κ1) is 23.2. The Morgan fingerprint density at radius 3 is 2.45 bits per heavy atom. The van der Waals surface area contributed by atoms with Crippen LogP contribution in [0.15, 0.2) is 42.5 Å². The van der Waals surface area contributed by atoms with Gasteiger partial charge in [0.15, 0.2) is 0 Å². The second kappa shape index (κ2) is 10.2. The van der Waals surface area contributed by atoms with Crippen LogP contribution in [0.5, 0.6) is 5.75 Å². The molecule has 3 rings (SSSR count). The lowest BCUT2D eigenvalue weighted by Crippen LogP contribution is -2.39. The summed E-state index contributed by atoms with van der Waals surface area (Å²) in [6.45, 7) is 8.00. The third-order valence-corrected chi connectivity index (χ3v) is 4.90. The Labute approximate surface area is 181 Å². The van der Waals surface area contributed by atoms with E-state index >= 15 is 0 Å². The SMILES string of the molecule is CC(C)(C)OC(=O)CCN1CCOC(c2ccc(OCc3c(F)cccc3F)cc2)C1. The first-order valence-corrected chi connectivity index (χ1v) is 10.4. The van der Waals surface area contributed by atoms with Gasteiger partial charge in [0.25, 0.3) is 0 Å². The molecule has 31 heavy (non-hydrogen) atoms. The minimum atomic E-state index is -0.626. The van der Waals surface area contributed by atoms with Crippen molar-refractivity contribution in [2.75, 3.05) is 26.2 Å². The molecular formula is C24H29F2NO4. The van der Waals surface area contributed by atoms with Gasteiger partial charge in [0.1, 0.15) is 29.6 Å². The summed E-state index contributed by atoms with van der Waals surface area (Å²) in [5.74, 6) is -0.940. The molecule has 0 bridgehead atoms. The van der Waals surface area contributed by atoms with Crippen LogP contribution in [-0.2, 0) is 20.9 Å². The Bertz CT molecular complexity index is 860. The Hall–Kier alpha value is -2.51. The molecular weight excluding hydrogens is 404 g/mol. The molecule has 0 radical (unpaired) electrons. The van der Waals surface area contributed by atoms with Gasteiger partial charge < -0.3 is 14.2 Å². The van der Waals surface area contributed by atoms with Crippen molar-refractivity contribution in [3.63, 3.8) is 0 Å².